The van der Waals surface area contributed by atoms with Gasteiger partial charge in [0.15, 0.2) is 0 Å². The second-order valence-corrected chi connectivity index (χ2v) is 5.36. The molecular formula is C14H29NO. The third kappa shape index (κ3) is 5.31. The van der Waals surface area contributed by atoms with Crippen LogP contribution in [0, 0.1) is 5.92 Å². The van der Waals surface area contributed by atoms with E-state index in [1.807, 2.05) is 0 Å². The zero-order chi connectivity index (χ0) is 11.8. The van der Waals surface area contributed by atoms with Crippen LogP contribution >= 0.6 is 0 Å². The molecule has 96 valence electrons. The van der Waals surface area contributed by atoms with Crippen molar-refractivity contribution in [2.24, 2.45) is 5.92 Å². The second kappa shape index (κ2) is 8.08. The van der Waals surface area contributed by atoms with Crippen LogP contribution in [0.3, 0.4) is 0 Å². The van der Waals surface area contributed by atoms with Gasteiger partial charge in [0.25, 0.3) is 0 Å². The summed E-state index contributed by atoms with van der Waals surface area (Å²) in [5.41, 5.74) is 0. The first-order chi connectivity index (χ1) is 7.76. The maximum Gasteiger partial charge on any atom is 0.0476 e. The highest BCUT2D eigenvalue weighted by Gasteiger charge is 2.21. The minimum Gasteiger partial charge on any atom is -0.385 e. The summed E-state index contributed by atoms with van der Waals surface area (Å²) in [6.07, 6.45) is 9.54. The Morgan fingerprint density at radius 3 is 2.50 bits per heavy atom. The Balaban J connectivity index is 2.11. The van der Waals surface area contributed by atoms with Gasteiger partial charge in [0.2, 0.25) is 0 Å². The molecule has 1 aliphatic carbocycles. The Hall–Kier alpha value is -0.0800. The van der Waals surface area contributed by atoms with Crippen LogP contribution in [-0.2, 0) is 4.74 Å². The molecule has 1 atom stereocenters. The second-order valence-electron chi connectivity index (χ2n) is 5.36. The summed E-state index contributed by atoms with van der Waals surface area (Å²) in [4.78, 5) is 0. The van der Waals surface area contributed by atoms with Gasteiger partial charge in [-0.1, -0.05) is 19.8 Å². The predicted molar refractivity (Wildman–Crippen MR) is 69.7 cm³/mol. The number of hydrogen-bond acceptors (Lipinski definition) is 2. The van der Waals surface area contributed by atoms with Crippen molar-refractivity contribution in [1.82, 2.24) is 5.32 Å². The normalized spacial score (nSPS) is 27.9. The lowest BCUT2D eigenvalue weighted by Gasteiger charge is -2.31. The van der Waals surface area contributed by atoms with Crippen LogP contribution in [0.1, 0.15) is 58.8 Å². The van der Waals surface area contributed by atoms with E-state index in [0.717, 1.165) is 25.0 Å². The van der Waals surface area contributed by atoms with Gasteiger partial charge in [0.05, 0.1) is 0 Å². The molecule has 16 heavy (non-hydrogen) atoms. The summed E-state index contributed by atoms with van der Waals surface area (Å²) in [7, 11) is 1.78. The summed E-state index contributed by atoms with van der Waals surface area (Å²) in [6, 6.07) is 1.37. The molecule has 1 fully saturated rings. The minimum atomic E-state index is 0.604. The highest BCUT2D eigenvalue weighted by molar-refractivity contribution is 4.79. The van der Waals surface area contributed by atoms with E-state index in [4.69, 9.17) is 4.74 Å². The van der Waals surface area contributed by atoms with Gasteiger partial charge >= 0.3 is 0 Å². The molecule has 2 heteroatoms. The molecule has 1 saturated carbocycles. The Morgan fingerprint density at radius 1 is 1.25 bits per heavy atom. The molecule has 0 saturated heterocycles. The minimum absolute atomic E-state index is 0.604. The molecule has 0 amide bonds. The number of hydrogen-bond donors (Lipinski definition) is 1. The quantitative estimate of drug-likeness (QED) is 0.720. The van der Waals surface area contributed by atoms with Crippen LogP contribution in [0.2, 0.25) is 0 Å². The van der Waals surface area contributed by atoms with Crippen LogP contribution in [0.25, 0.3) is 0 Å². The van der Waals surface area contributed by atoms with Crippen molar-refractivity contribution in [2.45, 2.75) is 70.9 Å². The third-order valence-electron chi connectivity index (χ3n) is 3.82. The fourth-order valence-corrected chi connectivity index (χ4v) is 2.81. The zero-order valence-electron chi connectivity index (χ0n) is 11.3. The van der Waals surface area contributed by atoms with Crippen LogP contribution < -0.4 is 5.32 Å². The summed E-state index contributed by atoms with van der Waals surface area (Å²) < 4.78 is 5.11. The topological polar surface area (TPSA) is 21.3 Å². The van der Waals surface area contributed by atoms with E-state index in [-0.39, 0.29) is 0 Å². The van der Waals surface area contributed by atoms with Crippen molar-refractivity contribution in [1.29, 1.82) is 0 Å². The summed E-state index contributed by atoms with van der Waals surface area (Å²) in [6.45, 7) is 5.45. The maximum atomic E-state index is 5.11. The van der Waals surface area contributed by atoms with E-state index >= 15 is 0 Å². The van der Waals surface area contributed by atoms with Crippen molar-refractivity contribution in [3.05, 3.63) is 0 Å². The lowest BCUT2D eigenvalue weighted by molar-refractivity contribution is 0.177. The molecule has 0 spiro atoms. The number of methoxy groups -OCH3 is 1. The van der Waals surface area contributed by atoms with Gasteiger partial charge in [0.1, 0.15) is 0 Å². The molecule has 0 aromatic rings. The van der Waals surface area contributed by atoms with Crippen LogP contribution in [0.5, 0.6) is 0 Å². The standard InChI is InChI=1S/C14H29NO/c1-4-5-13-6-8-14(9-7-13)15-12(2)10-11-16-3/h12-15H,4-11H2,1-3H3. The Morgan fingerprint density at radius 2 is 1.94 bits per heavy atom. The number of nitrogens with one attached hydrogen (secondary N) is 1. The monoisotopic (exact) mass is 227 g/mol. The van der Waals surface area contributed by atoms with Gasteiger partial charge in [-0.05, 0) is 44.9 Å². The number of rotatable bonds is 7. The molecule has 0 aliphatic heterocycles. The first-order valence-electron chi connectivity index (χ1n) is 7.01. The predicted octanol–water partition coefficient (Wildman–Crippen LogP) is 3.36. The lowest BCUT2D eigenvalue weighted by Crippen LogP contribution is -2.39. The smallest absolute Gasteiger partial charge is 0.0476 e. The highest BCUT2D eigenvalue weighted by atomic mass is 16.5. The van der Waals surface area contributed by atoms with Crippen LogP contribution in [0.4, 0.5) is 0 Å². The van der Waals surface area contributed by atoms with E-state index in [0.29, 0.717) is 6.04 Å². The van der Waals surface area contributed by atoms with E-state index in [9.17, 15) is 0 Å². The molecule has 1 unspecified atom stereocenters. The van der Waals surface area contributed by atoms with E-state index in [2.05, 4.69) is 19.2 Å². The molecule has 0 aromatic heterocycles. The Kier molecular flexibility index (Phi) is 7.06. The molecule has 1 rings (SSSR count). The molecule has 1 aliphatic rings. The lowest BCUT2D eigenvalue weighted by atomic mass is 9.83. The van der Waals surface area contributed by atoms with Crippen molar-refractivity contribution in [3.8, 4) is 0 Å². The van der Waals surface area contributed by atoms with E-state index in [1.54, 1.807) is 7.11 Å². The zero-order valence-corrected chi connectivity index (χ0v) is 11.3. The largest absolute Gasteiger partial charge is 0.385 e. The maximum absolute atomic E-state index is 5.11. The average Bonchev–Trinajstić information content (AvgIpc) is 2.29. The SMILES string of the molecule is CCCC1CCC(NC(C)CCOC)CC1. The van der Waals surface area contributed by atoms with Crippen molar-refractivity contribution < 1.29 is 4.74 Å². The summed E-state index contributed by atoms with van der Waals surface area (Å²) >= 11 is 0. The molecule has 1 N–H and O–H groups in total. The molecule has 0 heterocycles. The molecule has 0 radical (unpaired) electrons. The first-order valence-corrected chi connectivity index (χ1v) is 7.01. The summed E-state index contributed by atoms with van der Waals surface area (Å²) in [5.74, 6) is 1.01. The molecule has 2 nitrogen and oxygen atoms in total. The third-order valence-corrected chi connectivity index (χ3v) is 3.82. The van der Waals surface area contributed by atoms with Gasteiger partial charge in [-0.3, -0.25) is 0 Å². The van der Waals surface area contributed by atoms with Crippen LogP contribution in [-0.4, -0.2) is 25.8 Å². The van der Waals surface area contributed by atoms with Gasteiger partial charge in [0, 0.05) is 25.8 Å². The first kappa shape index (κ1) is 14.0. The Labute approximate surface area is 101 Å². The van der Waals surface area contributed by atoms with E-state index in [1.165, 1.54) is 38.5 Å². The molecule has 0 aromatic carbocycles. The van der Waals surface area contributed by atoms with E-state index < -0.39 is 0 Å². The van der Waals surface area contributed by atoms with Gasteiger partial charge in [-0.2, -0.15) is 0 Å². The fraction of sp³-hybridized carbons (Fsp3) is 1.00. The number of ether oxygens (including phenoxy) is 1. The van der Waals surface area contributed by atoms with Crippen molar-refractivity contribution in [3.63, 3.8) is 0 Å². The van der Waals surface area contributed by atoms with Gasteiger partial charge < -0.3 is 10.1 Å². The Bertz CT molecular complexity index is 164. The fourth-order valence-electron chi connectivity index (χ4n) is 2.81. The molecular weight excluding hydrogens is 198 g/mol. The van der Waals surface area contributed by atoms with Gasteiger partial charge in [-0.15, -0.1) is 0 Å². The van der Waals surface area contributed by atoms with Gasteiger partial charge in [-0.25, -0.2) is 0 Å². The van der Waals surface area contributed by atoms with Crippen molar-refractivity contribution >= 4 is 0 Å². The summed E-state index contributed by atoms with van der Waals surface area (Å²) in [5, 5.41) is 3.74. The van der Waals surface area contributed by atoms with Crippen molar-refractivity contribution in [2.75, 3.05) is 13.7 Å². The van der Waals surface area contributed by atoms with Crippen LogP contribution in [0.15, 0.2) is 0 Å². The highest BCUT2D eigenvalue weighted by Crippen LogP contribution is 2.27. The average molecular weight is 227 g/mol. The molecule has 0 bridgehead atoms.